The van der Waals surface area contributed by atoms with Gasteiger partial charge in [-0.15, -0.1) is 0 Å². The third-order valence-corrected chi connectivity index (χ3v) is 2.57. The van der Waals surface area contributed by atoms with Crippen LogP contribution in [0.2, 0.25) is 0 Å². The zero-order valence-electron chi connectivity index (χ0n) is 10.8. The number of oxime groups is 1. The molecule has 0 saturated carbocycles. The van der Waals surface area contributed by atoms with E-state index in [4.69, 9.17) is 16.7 Å². The molecule has 0 aliphatic heterocycles. The highest BCUT2D eigenvalue weighted by Gasteiger charge is 2.17. The van der Waals surface area contributed by atoms with Crippen molar-refractivity contribution in [2.75, 3.05) is 17.7 Å². The minimum atomic E-state index is -1.07. The number of anilines is 3. The van der Waals surface area contributed by atoms with E-state index in [-0.39, 0.29) is 23.4 Å². The van der Waals surface area contributed by atoms with E-state index < -0.39 is 17.5 Å². The van der Waals surface area contributed by atoms with E-state index in [1.54, 1.807) is 0 Å². The number of amidine groups is 1. The SMILES string of the molecule is CN(c1nc(N)nc(C(N)=NO)n1)c1cccc(F)c1F. The van der Waals surface area contributed by atoms with Crippen molar-refractivity contribution in [3.63, 3.8) is 0 Å². The second kappa shape index (κ2) is 5.53. The van der Waals surface area contributed by atoms with Crippen LogP contribution in [0.15, 0.2) is 23.4 Å². The van der Waals surface area contributed by atoms with Crippen molar-refractivity contribution in [1.29, 1.82) is 0 Å². The molecular weight excluding hydrogens is 284 g/mol. The van der Waals surface area contributed by atoms with E-state index >= 15 is 0 Å². The first-order valence-corrected chi connectivity index (χ1v) is 5.61. The number of aromatic nitrogens is 3. The highest BCUT2D eigenvalue weighted by Crippen LogP contribution is 2.25. The van der Waals surface area contributed by atoms with Crippen LogP contribution in [0.25, 0.3) is 0 Å². The average molecular weight is 295 g/mol. The monoisotopic (exact) mass is 295 g/mol. The molecule has 10 heteroatoms. The minimum absolute atomic E-state index is 0.0893. The van der Waals surface area contributed by atoms with Crippen molar-refractivity contribution in [1.82, 2.24) is 15.0 Å². The molecule has 8 nitrogen and oxygen atoms in total. The fraction of sp³-hybridized carbons (Fsp3) is 0.0909. The van der Waals surface area contributed by atoms with Gasteiger partial charge in [0.25, 0.3) is 0 Å². The molecule has 0 bridgehead atoms. The molecule has 110 valence electrons. The fourth-order valence-electron chi connectivity index (χ4n) is 1.55. The zero-order chi connectivity index (χ0) is 15.6. The van der Waals surface area contributed by atoms with Gasteiger partial charge in [0.2, 0.25) is 23.6 Å². The van der Waals surface area contributed by atoms with Gasteiger partial charge in [-0.3, -0.25) is 0 Å². The first kappa shape index (κ1) is 14.4. The largest absolute Gasteiger partial charge is 0.409 e. The summed E-state index contributed by atoms with van der Waals surface area (Å²) in [5, 5.41) is 11.3. The van der Waals surface area contributed by atoms with Crippen LogP contribution < -0.4 is 16.4 Å². The van der Waals surface area contributed by atoms with Crippen molar-refractivity contribution < 1.29 is 14.0 Å². The van der Waals surface area contributed by atoms with Crippen LogP contribution in [-0.2, 0) is 0 Å². The molecule has 1 aromatic heterocycles. The standard InChI is InChI=1S/C11H11F2N7O/c1-20(6-4-2-3-5(12)7(6)13)11-17-9(8(14)19-21)16-10(15)18-11/h2-4,21H,1H3,(H2,14,19)(H2,15,16,17,18). The van der Waals surface area contributed by atoms with Crippen LogP contribution in [0, 0.1) is 11.6 Å². The van der Waals surface area contributed by atoms with Gasteiger partial charge in [-0.1, -0.05) is 11.2 Å². The quantitative estimate of drug-likeness (QED) is 0.327. The Kier molecular flexibility index (Phi) is 3.78. The van der Waals surface area contributed by atoms with Crippen LogP contribution in [0.4, 0.5) is 26.4 Å². The molecule has 0 unspecified atom stereocenters. The molecule has 0 aliphatic carbocycles. The summed E-state index contributed by atoms with van der Waals surface area (Å²) in [5.74, 6) is -2.97. The number of halogens is 2. The number of hydrogen-bond donors (Lipinski definition) is 3. The maximum atomic E-state index is 13.8. The molecule has 1 heterocycles. The van der Waals surface area contributed by atoms with Crippen LogP contribution >= 0.6 is 0 Å². The highest BCUT2D eigenvalue weighted by molar-refractivity contribution is 5.93. The molecule has 5 N–H and O–H groups in total. The maximum Gasteiger partial charge on any atom is 0.235 e. The lowest BCUT2D eigenvalue weighted by Gasteiger charge is -2.18. The summed E-state index contributed by atoms with van der Waals surface area (Å²) < 4.78 is 27.0. The van der Waals surface area contributed by atoms with Gasteiger partial charge in [0.1, 0.15) is 0 Å². The zero-order valence-corrected chi connectivity index (χ0v) is 10.8. The smallest absolute Gasteiger partial charge is 0.235 e. The van der Waals surface area contributed by atoms with E-state index in [2.05, 4.69) is 20.1 Å². The molecule has 0 amide bonds. The lowest BCUT2D eigenvalue weighted by atomic mass is 10.3. The van der Waals surface area contributed by atoms with Crippen molar-refractivity contribution >= 4 is 23.4 Å². The van der Waals surface area contributed by atoms with Gasteiger partial charge in [-0.25, -0.2) is 8.78 Å². The molecule has 0 radical (unpaired) electrons. The normalized spacial score (nSPS) is 11.5. The van der Waals surface area contributed by atoms with E-state index in [1.807, 2.05) is 0 Å². The molecule has 0 fully saturated rings. The van der Waals surface area contributed by atoms with Gasteiger partial charge in [0, 0.05) is 7.05 Å². The summed E-state index contributed by atoms with van der Waals surface area (Å²) in [6.45, 7) is 0. The minimum Gasteiger partial charge on any atom is -0.409 e. The molecule has 21 heavy (non-hydrogen) atoms. The summed E-state index contributed by atoms with van der Waals surface area (Å²) in [5.41, 5.74) is 10.7. The van der Waals surface area contributed by atoms with E-state index in [0.29, 0.717) is 0 Å². The van der Waals surface area contributed by atoms with Crippen molar-refractivity contribution in [2.45, 2.75) is 0 Å². The first-order chi connectivity index (χ1) is 9.93. The summed E-state index contributed by atoms with van der Waals surface area (Å²) in [6.07, 6.45) is 0. The van der Waals surface area contributed by atoms with Crippen molar-refractivity contribution in [2.24, 2.45) is 10.9 Å². The topological polar surface area (TPSA) is 127 Å². The lowest BCUT2D eigenvalue weighted by molar-refractivity contribution is 0.318. The third kappa shape index (κ3) is 2.78. The third-order valence-electron chi connectivity index (χ3n) is 2.57. The highest BCUT2D eigenvalue weighted by atomic mass is 19.2. The van der Waals surface area contributed by atoms with Crippen LogP contribution in [0.3, 0.4) is 0 Å². The van der Waals surface area contributed by atoms with Gasteiger partial charge in [0.05, 0.1) is 5.69 Å². The second-order valence-electron chi connectivity index (χ2n) is 3.93. The predicted molar refractivity (Wildman–Crippen MR) is 71.2 cm³/mol. The lowest BCUT2D eigenvalue weighted by Crippen LogP contribution is -2.22. The molecule has 1 aromatic carbocycles. The van der Waals surface area contributed by atoms with Crippen LogP contribution in [0.1, 0.15) is 5.82 Å². The Bertz CT molecular complexity index is 707. The van der Waals surface area contributed by atoms with Crippen LogP contribution in [0.5, 0.6) is 0 Å². The molecule has 2 aromatic rings. The van der Waals surface area contributed by atoms with Gasteiger partial charge >= 0.3 is 0 Å². The van der Waals surface area contributed by atoms with Gasteiger partial charge < -0.3 is 21.6 Å². The summed E-state index contributed by atoms with van der Waals surface area (Å²) >= 11 is 0. The number of hydrogen-bond acceptors (Lipinski definition) is 7. The molecule has 0 aliphatic rings. The van der Waals surface area contributed by atoms with E-state index in [9.17, 15) is 8.78 Å². The number of nitrogens with zero attached hydrogens (tertiary/aromatic N) is 5. The Morgan fingerprint density at radius 3 is 2.67 bits per heavy atom. The molecular formula is C11H11F2N7O. The number of benzene rings is 1. The maximum absolute atomic E-state index is 13.8. The van der Waals surface area contributed by atoms with Crippen molar-refractivity contribution in [3.8, 4) is 0 Å². The second-order valence-corrected chi connectivity index (χ2v) is 3.93. The summed E-state index contributed by atoms with van der Waals surface area (Å²) in [4.78, 5) is 12.5. The van der Waals surface area contributed by atoms with Crippen molar-refractivity contribution in [3.05, 3.63) is 35.7 Å². The molecule has 0 saturated heterocycles. The average Bonchev–Trinajstić information content (AvgIpc) is 2.48. The summed E-state index contributed by atoms with van der Waals surface area (Å²) in [7, 11) is 1.41. The predicted octanol–water partition coefficient (Wildman–Crippen LogP) is 0.594. The number of rotatable bonds is 3. The Balaban J connectivity index is 2.51. The van der Waals surface area contributed by atoms with E-state index in [0.717, 1.165) is 11.0 Å². The number of nitrogens with two attached hydrogens (primary N) is 2. The first-order valence-electron chi connectivity index (χ1n) is 5.61. The molecule has 2 rings (SSSR count). The summed E-state index contributed by atoms with van der Waals surface area (Å²) in [6, 6.07) is 3.65. The van der Waals surface area contributed by atoms with Gasteiger partial charge in [-0.2, -0.15) is 15.0 Å². The Hall–Kier alpha value is -3.04. The Morgan fingerprint density at radius 2 is 2.00 bits per heavy atom. The molecule has 0 atom stereocenters. The number of nitrogen functional groups attached to an aromatic ring is 1. The molecule has 0 spiro atoms. The van der Waals surface area contributed by atoms with E-state index in [1.165, 1.54) is 19.2 Å². The fourth-order valence-corrected chi connectivity index (χ4v) is 1.55. The Morgan fingerprint density at radius 1 is 1.29 bits per heavy atom. The van der Waals surface area contributed by atoms with Gasteiger partial charge in [-0.05, 0) is 12.1 Å². The van der Waals surface area contributed by atoms with Gasteiger partial charge in [0.15, 0.2) is 11.6 Å². The van der Waals surface area contributed by atoms with Crippen LogP contribution in [-0.4, -0.2) is 33.0 Å². The Labute approximate surface area is 117 Å².